The molecule has 6 nitrogen and oxygen atoms in total. The van der Waals surface area contributed by atoms with E-state index in [1.54, 1.807) is 12.1 Å². The van der Waals surface area contributed by atoms with E-state index in [9.17, 15) is 4.79 Å². The summed E-state index contributed by atoms with van der Waals surface area (Å²) >= 11 is 6.25. The Balaban J connectivity index is 1.66. The summed E-state index contributed by atoms with van der Waals surface area (Å²) in [6.45, 7) is 6.81. The van der Waals surface area contributed by atoms with Gasteiger partial charge in [0.15, 0.2) is 0 Å². The summed E-state index contributed by atoms with van der Waals surface area (Å²) in [5.41, 5.74) is 5.83. The number of amides is 1. The second kappa shape index (κ2) is 8.93. The Morgan fingerprint density at radius 1 is 1.19 bits per heavy atom. The lowest BCUT2D eigenvalue weighted by Gasteiger charge is -2.27. The molecule has 0 saturated carbocycles. The van der Waals surface area contributed by atoms with Gasteiger partial charge in [-0.2, -0.15) is 10.4 Å². The van der Waals surface area contributed by atoms with E-state index in [0.717, 1.165) is 28.1 Å². The monoisotopic (exact) mass is 434 g/mol. The molecule has 1 aliphatic rings. The van der Waals surface area contributed by atoms with Crippen molar-refractivity contribution < 1.29 is 9.53 Å². The topological polar surface area (TPSA) is 71.2 Å². The average molecular weight is 435 g/mol. The highest BCUT2D eigenvalue weighted by Gasteiger charge is 2.22. The molecule has 31 heavy (non-hydrogen) atoms. The van der Waals surface area contributed by atoms with Crippen molar-refractivity contribution >= 4 is 17.5 Å². The van der Waals surface area contributed by atoms with Crippen LogP contribution < -0.4 is 0 Å². The third kappa shape index (κ3) is 4.20. The van der Waals surface area contributed by atoms with Crippen molar-refractivity contribution in [3.8, 4) is 17.2 Å². The van der Waals surface area contributed by atoms with Crippen LogP contribution in [0.2, 0.25) is 5.02 Å². The molecule has 1 amide bonds. The molecule has 0 unspecified atom stereocenters. The minimum absolute atomic E-state index is 0.0273. The number of nitriles is 1. The first-order chi connectivity index (χ1) is 15.0. The van der Waals surface area contributed by atoms with Gasteiger partial charge in [-0.25, -0.2) is 0 Å². The van der Waals surface area contributed by atoms with Gasteiger partial charge in [0.25, 0.3) is 5.91 Å². The van der Waals surface area contributed by atoms with Gasteiger partial charge >= 0.3 is 0 Å². The molecule has 0 bridgehead atoms. The first kappa shape index (κ1) is 21.1. The molecule has 7 heteroatoms. The molecule has 1 aliphatic heterocycles. The van der Waals surface area contributed by atoms with E-state index in [-0.39, 0.29) is 5.91 Å². The maximum absolute atomic E-state index is 13.1. The van der Waals surface area contributed by atoms with Crippen LogP contribution in [0, 0.1) is 25.2 Å². The first-order valence-corrected chi connectivity index (χ1v) is 10.6. The van der Waals surface area contributed by atoms with Gasteiger partial charge in [-0.3, -0.25) is 9.48 Å². The fourth-order valence-electron chi connectivity index (χ4n) is 3.99. The molecule has 0 atom stereocenters. The lowest BCUT2D eigenvalue weighted by Crippen LogP contribution is -2.41. The molecule has 1 saturated heterocycles. The highest BCUT2D eigenvalue weighted by molar-refractivity contribution is 6.32. The number of nitrogens with zero attached hydrogens (tertiary/aromatic N) is 4. The zero-order valence-electron chi connectivity index (χ0n) is 17.6. The number of rotatable bonds is 4. The number of hydrogen-bond donors (Lipinski definition) is 0. The molecule has 0 radical (unpaired) electrons. The van der Waals surface area contributed by atoms with Crippen LogP contribution in [0.15, 0.2) is 42.5 Å². The Hall–Kier alpha value is -3.14. The second-order valence-corrected chi connectivity index (χ2v) is 7.98. The van der Waals surface area contributed by atoms with Crippen molar-refractivity contribution in [3.63, 3.8) is 0 Å². The van der Waals surface area contributed by atoms with Crippen LogP contribution in [-0.4, -0.2) is 46.9 Å². The van der Waals surface area contributed by atoms with E-state index in [1.807, 2.05) is 53.8 Å². The number of hydrogen-bond acceptors (Lipinski definition) is 4. The van der Waals surface area contributed by atoms with Gasteiger partial charge < -0.3 is 9.64 Å². The maximum atomic E-state index is 13.1. The number of morpholine rings is 1. The minimum Gasteiger partial charge on any atom is -0.378 e. The third-order valence-corrected chi connectivity index (χ3v) is 5.94. The van der Waals surface area contributed by atoms with E-state index in [0.29, 0.717) is 49.0 Å². The summed E-state index contributed by atoms with van der Waals surface area (Å²) in [5, 5.41) is 14.3. The molecule has 0 aliphatic carbocycles. The van der Waals surface area contributed by atoms with E-state index in [2.05, 4.69) is 6.07 Å². The summed E-state index contributed by atoms with van der Waals surface area (Å²) in [4.78, 5) is 14.9. The van der Waals surface area contributed by atoms with Gasteiger partial charge in [0.1, 0.15) is 6.07 Å². The van der Waals surface area contributed by atoms with Crippen LogP contribution in [0.3, 0.4) is 0 Å². The Labute approximate surface area is 186 Å². The number of ether oxygens (including phenoxy) is 1. The molecule has 158 valence electrons. The molecule has 2 aromatic carbocycles. The molecule has 0 N–H and O–H groups in total. The van der Waals surface area contributed by atoms with Gasteiger partial charge in [0.2, 0.25) is 0 Å². The Kier molecular flexibility index (Phi) is 6.08. The molecule has 1 aromatic heterocycles. The first-order valence-electron chi connectivity index (χ1n) is 10.2. The number of carbonyl (C=O) groups is 1. The van der Waals surface area contributed by atoms with Gasteiger partial charge in [0.05, 0.1) is 36.0 Å². The summed E-state index contributed by atoms with van der Waals surface area (Å²) < 4.78 is 7.29. The standard InChI is InChI=1S/C24H23ClN4O2/c1-16-23(18-7-8-19(14-26)22(25)13-18)17(2)29(27-16)15-20-5-3-4-6-21(20)24(30)28-9-11-31-12-10-28/h3-8,13H,9-12,15H2,1-2H3. The van der Waals surface area contributed by atoms with Crippen LogP contribution in [0.4, 0.5) is 0 Å². The molecular formula is C24H23ClN4O2. The average Bonchev–Trinajstić information content (AvgIpc) is 3.07. The Morgan fingerprint density at radius 3 is 2.65 bits per heavy atom. The van der Waals surface area contributed by atoms with Crippen LogP contribution in [0.1, 0.15) is 32.9 Å². The summed E-state index contributed by atoms with van der Waals surface area (Å²) in [5.74, 6) is 0.0273. The molecule has 1 fully saturated rings. The number of aryl methyl sites for hydroxylation is 1. The van der Waals surface area contributed by atoms with Gasteiger partial charge in [0, 0.05) is 29.9 Å². The van der Waals surface area contributed by atoms with Crippen molar-refractivity contribution in [1.82, 2.24) is 14.7 Å². The second-order valence-electron chi connectivity index (χ2n) is 7.57. The predicted octanol–water partition coefficient (Wildman–Crippen LogP) is 4.21. The largest absolute Gasteiger partial charge is 0.378 e. The predicted molar refractivity (Wildman–Crippen MR) is 119 cm³/mol. The van der Waals surface area contributed by atoms with E-state index in [4.69, 9.17) is 26.7 Å². The van der Waals surface area contributed by atoms with Crippen molar-refractivity contribution in [2.75, 3.05) is 26.3 Å². The highest BCUT2D eigenvalue weighted by atomic mass is 35.5. The Morgan fingerprint density at radius 2 is 1.94 bits per heavy atom. The third-order valence-electron chi connectivity index (χ3n) is 5.63. The van der Waals surface area contributed by atoms with Crippen LogP contribution in [0.25, 0.3) is 11.1 Å². The quantitative estimate of drug-likeness (QED) is 0.616. The van der Waals surface area contributed by atoms with E-state index < -0.39 is 0 Å². The zero-order chi connectivity index (χ0) is 22.0. The molecule has 0 spiro atoms. The van der Waals surface area contributed by atoms with Crippen molar-refractivity contribution in [2.45, 2.75) is 20.4 Å². The van der Waals surface area contributed by atoms with Gasteiger partial charge in [-0.1, -0.05) is 35.9 Å². The van der Waals surface area contributed by atoms with Crippen molar-refractivity contribution in [2.24, 2.45) is 0 Å². The van der Waals surface area contributed by atoms with Crippen LogP contribution in [0.5, 0.6) is 0 Å². The number of benzene rings is 2. The highest BCUT2D eigenvalue weighted by Crippen LogP contribution is 2.31. The maximum Gasteiger partial charge on any atom is 0.254 e. The lowest BCUT2D eigenvalue weighted by atomic mass is 10.0. The minimum atomic E-state index is 0.0273. The Bertz CT molecular complexity index is 1170. The van der Waals surface area contributed by atoms with E-state index >= 15 is 0 Å². The summed E-state index contributed by atoms with van der Waals surface area (Å²) in [6, 6.07) is 15.2. The van der Waals surface area contributed by atoms with Gasteiger partial charge in [-0.15, -0.1) is 0 Å². The summed E-state index contributed by atoms with van der Waals surface area (Å²) in [7, 11) is 0. The molecule has 4 rings (SSSR count). The van der Waals surface area contributed by atoms with Gasteiger partial charge in [-0.05, 0) is 43.2 Å². The zero-order valence-corrected chi connectivity index (χ0v) is 18.3. The number of carbonyl (C=O) groups excluding carboxylic acids is 1. The SMILES string of the molecule is Cc1nn(Cc2ccccc2C(=O)N2CCOCC2)c(C)c1-c1ccc(C#N)c(Cl)c1. The fourth-order valence-corrected chi connectivity index (χ4v) is 4.22. The smallest absolute Gasteiger partial charge is 0.254 e. The normalized spacial score (nSPS) is 13.8. The number of halogens is 1. The molecule has 2 heterocycles. The lowest BCUT2D eigenvalue weighted by molar-refractivity contribution is 0.0302. The van der Waals surface area contributed by atoms with Crippen molar-refractivity contribution in [3.05, 3.63) is 75.6 Å². The van der Waals surface area contributed by atoms with Crippen LogP contribution in [-0.2, 0) is 11.3 Å². The fraction of sp³-hybridized carbons (Fsp3) is 0.292. The molecular weight excluding hydrogens is 412 g/mol. The summed E-state index contributed by atoms with van der Waals surface area (Å²) in [6.07, 6.45) is 0. The van der Waals surface area contributed by atoms with Crippen molar-refractivity contribution in [1.29, 1.82) is 5.26 Å². The number of aromatic nitrogens is 2. The molecule has 3 aromatic rings. The van der Waals surface area contributed by atoms with E-state index in [1.165, 1.54) is 0 Å². The van der Waals surface area contributed by atoms with Crippen LogP contribution >= 0.6 is 11.6 Å².